The minimum Gasteiger partial charge on any atom is -0.465 e. The molecule has 0 atom stereocenters. The predicted octanol–water partition coefficient (Wildman–Crippen LogP) is 0.139. The number of hydrogen-bond donors (Lipinski definition) is 1. The van der Waals surface area contributed by atoms with Crippen LogP contribution in [0.15, 0.2) is 18.0 Å². The Balaban J connectivity index is 3.00. The summed E-state index contributed by atoms with van der Waals surface area (Å²) in [6.07, 6.45) is 4.33. The molecule has 0 saturated heterocycles. The predicted molar refractivity (Wildman–Crippen MR) is 50.6 cm³/mol. The average molecular weight is 210 g/mol. The molecule has 1 aromatic heterocycles. The fourth-order valence-electron chi connectivity index (χ4n) is 0.914. The first-order valence-corrected chi connectivity index (χ1v) is 4.06. The number of nitrogens with one attached hydrogen (secondary N) is 1. The molecule has 0 aromatic carbocycles. The standard InChI is InChI=1S/C9H10N2O4/c1-14-8(12)6(9(13)15-2)5-7-10-3-4-11-7/h3-5H,1-2H3,(H,10,11). The Labute approximate surface area is 85.9 Å². The molecule has 1 aromatic rings. The van der Waals surface area contributed by atoms with Crippen LogP contribution >= 0.6 is 0 Å². The molecule has 1 rings (SSSR count). The molecule has 6 nitrogen and oxygen atoms in total. The molecule has 0 fully saturated rings. The molecule has 6 heteroatoms. The van der Waals surface area contributed by atoms with Crippen molar-refractivity contribution in [3.05, 3.63) is 23.8 Å². The number of aromatic nitrogens is 2. The third-order valence-corrected chi connectivity index (χ3v) is 1.61. The van der Waals surface area contributed by atoms with Gasteiger partial charge in [-0.1, -0.05) is 0 Å². The van der Waals surface area contributed by atoms with Crippen molar-refractivity contribution >= 4 is 18.0 Å². The van der Waals surface area contributed by atoms with Gasteiger partial charge in [0.05, 0.1) is 14.2 Å². The van der Waals surface area contributed by atoms with E-state index < -0.39 is 11.9 Å². The van der Waals surface area contributed by atoms with Gasteiger partial charge in [0.25, 0.3) is 0 Å². The number of rotatable bonds is 3. The van der Waals surface area contributed by atoms with Crippen LogP contribution in [-0.4, -0.2) is 36.1 Å². The zero-order chi connectivity index (χ0) is 11.3. The number of H-pyrrole nitrogens is 1. The lowest BCUT2D eigenvalue weighted by Crippen LogP contribution is -2.15. The highest BCUT2D eigenvalue weighted by molar-refractivity contribution is 6.17. The monoisotopic (exact) mass is 210 g/mol. The van der Waals surface area contributed by atoms with Crippen LogP contribution in [0.4, 0.5) is 0 Å². The summed E-state index contributed by atoms with van der Waals surface area (Å²) in [5, 5.41) is 0. The molecule has 0 unspecified atom stereocenters. The Bertz CT molecular complexity index is 363. The maximum atomic E-state index is 11.2. The molecular formula is C9H10N2O4. The van der Waals surface area contributed by atoms with Crippen molar-refractivity contribution in [1.29, 1.82) is 0 Å². The second-order valence-corrected chi connectivity index (χ2v) is 2.52. The zero-order valence-electron chi connectivity index (χ0n) is 8.31. The maximum Gasteiger partial charge on any atom is 0.345 e. The lowest BCUT2D eigenvalue weighted by molar-refractivity contribution is -0.143. The molecule has 15 heavy (non-hydrogen) atoms. The fourth-order valence-corrected chi connectivity index (χ4v) is 0.914. The molecule has 1 N–H and O–H groups in total. The van der Waals surface area contributed by atoms with E-state index in [0.717, 1.165) is 0 Å². The number of esters is 2. The topological polar surface area (TPSA) is 81.3 Å². The number of carbonyl (C=O) groups is 2. The van der Waals surface area contributed by atoms with Gasteiger partial charge in [0.2, 0.25) is 0 Å². The van der Waals surface area contributed by atoms with Gasteiger partial charge in [0, 0.05) is 18.5 Å². The third-order valence-electron chi connectivity index (χ3n) is 1.61. The van der Waals surface area contributed by atoms with Gasteiger partial charge < -0.3 is 14.5 Å². The van der Waals surface area contributed by atoms with Crippen LogP contribution in [0.1, 0.15) is 5.82 Å². The maximum absolute atomic E-state index is 11.2. The van der Waals surface area contributed by atoms with Crippen molar-refractivity contribution in [3.8, 4) is 0 Å². The highest BCUT2D eigenvalue weighted by Gasteiger charge is 2.19. The van der Waals surface area contributed by atoms with Gasteiger partial charge in [-0.2, -0.15) is 0 Å². The van der Waals surface area contributed by atoms with Crippen LogP contribution < -0.4 is 0 Å². The van der Waals surface area contributed by atoms with Gasteiger partial charge in [-0.25, -0.2) is 14.6 Å². The lowest BCUT2D eigenvalue weighted by atomic mass is 10.2. The van der Waals surface area contributed by atoms with Crippen molar-refractivity contribution < 1.29 is 19.1 Å². The van der Waals surface area contributed by atoms with Gasteiger partial charge in [0.1, 0.15) is 11.4 Å². The van der Waals surface area contributed by atoms with E-state index in [1.54, 1.807) is 6.20 Å². The summed E-state index contributed by atoms with van der Waals surface area (Å²) in [6, 6.07) is 0. The van der Waals surface area contributed by atoms with Gasteiger partial charge in [-0.05, 0) is 0 Å². The normalized spacial score (nSPS) is 9.20. The Morgan fingerprint density at radius 3 is 2.33 bits per heavy atom. The first-order chi connectivity index (χ1) is 7.19. The van der Waals surface area contributed by atoms with E-state index in [2.05, 4.69) is 19.4 Å². The van der Waals surface area contributed by atoms with E-state index in [1.807, 2.05) is 0 Å². The van der Waals surface area contributed by atoms with Gasteiger partial charge in [-0.3, -0.25) is 0 Å². The van der Waals surface area contributed by atoms with Crippen LogP contribution in [0.25, 0.3) is 6.08 Å². The van der Waals surface area contributed by atoms with Crippen molar-refractivity contribution in [1.82, 2.24) is 9.97 Å². The second-order valence-electron chi connectivity index (χ2n) is 2.52. The summed E-state index contributed by atoms with van der Waals surface area (Å²) in [7, 11) is 2.36. The van der Waals surface area contributed by atoms with Gasteiger partial charge in [0.15, 0.2) is 0 Å². The molecule has 0 bridgehead atoms. The van der Waals surface area contributed by atoms with Crippen molar-refractivity contribution in [2.75, 3.05) is 14.2 Å². The molecule has 0 spiro atoms. The summed E-state index contributed by atoms with van der Waals surface area (Å²) in [4.78, 5) is 29.0. The number of ether oxygens (including phenoxy) is 2. The largest absolute Gasteiger partial charge is 0.465 e. The number of imidazole rings is 1. The second kappa shape index (κ2) is 4.94. The summed E-state index contributed by atoms with van der Waals surface area (Å²) in [5.41, 5.74) is -0.213. The van der Waals surface area contributed by atoms with Gasteiger partial charge in [-0.15, -0.1) is 0 Å². The molecular weight excluding hydrogens is 200 g/mol. The molecule has 0 aliphatic heterocycles. The SMILES string of the molecule is COC(=O)C(=Cc1ncc[nH]1)C(=O)OC. The highest BCUT2D eigenvalue weighted by atomic mass is 16.5. The zero-order valence-corrected chi connectivity index (χ0v) is 8.31. The van der Waals surface area contributed by atoms with Crippen molar-refractivity contribution in [2.24, 2.45) is 0 Å². The number of nitrogens with zero attached hydrogens (tertiary/aromatic N) is 1. The van der Waals surface area contributed by atoms with E-state index in [4.69, 9.17) is 0 Å². The quantitative estimate of drug-likeness (QED) is 0.332. The molecule has 0 radical (unpaired) electrons. The molecule has 0 aliphatic rings. The molecule has 0 aliphatic carbocycles. The number of methoxy groups -OCH3 is 2. The van der Waals surface area contributed by atoms with Crippen LogP contribution in [-0.2, 0) is 19.1 Å². The van der Waals surface area contributed by atoms with Crippen LogP contribution in [0.3, 0.4) is 0 Å². The highest BCUT2D eigenvalue weighted by Crippen LogP contribution is 2.05. The Morgan fingerprint density at radius 2 is 1.93 bits per heavy atom. The van der Waals surface area contributed by atoms with Crippen LogP contribution in [0.2, 0.25) is 0 Å². The number of hydrogen-bond acceptors (Lipinski definition) is 5. The van der Waals surface area contributed by atoms with E-state index >= 15 is 0 Å². The van der Waals surface area contributed by atoms with Crippen molar-refractivity contribution in [3.63, 3.8) is 0 Å². The van der Waals surface area contributed by atoms with E-state index in [-0.39, 0.29) is 5.57 Å². The lowest BCUT2D eigenvalue weighted by Gasteiger charge is -2.01. The Kier molecular flexibility index (Phi) is 3.61. The van der Waals surface area contributed by atoms with Crippen LogP contribution in [0, 0.1) is 0 Å². The first-order valence-electron chi connectivity index (χ1n) is 4.06. The van der Waals surface area contributed by atoms with E-state index in [0.29, 0.717) is 5.82 Å². The summed E-state index contributed by atoms with van der Waals surface area (Å²) in [5.74, 6) is -1.16. The summed E-state index contributed by atoms with van der Waals surface area (Å²) >= 11 is 0. The number of aromatic amines is 1. The fraction of sp³-hybridized carbons (Fsp3) is 0.222. The Morgan fingerprint density at radius 1 is 1.33 bits per heavy atom. The number of carbonyl (C=O) groups excluding carboxylic acids is 2. The first kappa shape index (κ1) is 11.0. The third kappa shape index (κ3) is 2.67. The molecule has 80 valence electrons. The van der Waals surface area contributed by atoms with E-state index in [1.165, 1.54) is 26.5 Å². The van der Waals surface area contributed by atoms with Crippen LogP contribution in [0.5, 0.6) is 0 Å². The smallest absolute Gasteiger partial charge is 0.345 e. The minimum atomic E-state index is -0.766. The summed E-state index contributed by atoms with van der Waals surface area (Å²) in [6.45, 7) is 0. The Hall–Kier alpha value is -2.11. The molecule has 1 heterocycles. The van der Waals surface area contributed by atoms with Crippen molar-refractivity contribution in [2.45, 2.75) is 0 Å². The van der Waals surface area contributed by atoms with Gasteiger partial charge >= 0.3 is 11.9 Å². The average Bonchev–Trinajstić information content (AvgIpc) is 2.76. The van der Waals surface area contributed by atoms with E-state index in [9.17, 15) is 9.59 Å². The minimum absolute atomic E-state index is 0.213. The summed E-state index contributed by atoms with van der Waals surface area (Å²) < 4.78 is 8.87. The molecule has 0 saturated carbocycles. The molecule has 0 amide bonds.